The monoisotopic (exact) mass is 468 g/mol. The smallest absolute Gasteiger partial charge is 0.421 e. The Balaban J connectivity index is 1.85. The van der Waals surface area contributed by atoms with Gasteiger partial charge in [0.15, 0.2) is 0 Å². The Hall–Kier alpha value is -2.65. The first-order valence-electron chi connectivity index (χ1n) is 8.55. The lowest BCUT2D eigenvalue weighted by atomic mass is 10.1. The zero-order valence-corrected chi connectivity index (χ0v) is 16.5. The van der Waals surface area contributed by atoms with Crippen LogP contribution in [0.1, 0.15) is 5.56 Å². The van der Waals surface area contributed by atoms with Gasteiger partial charge in [0.1, 0.15) is 24.0 Å². The Labute approximate surface area is 172 Å². The van der Waals surface area contributed by atoms with E-state index in [2.05, 4.69) is 21.0 Å². The molecule has 0 aliphatic carbocycles. The van der Waals surface area contributed by atoms with Crippen molar-refractivity contribution >= 4 is 15.9 Å². The van der Waals surface area contributed by atoms with E-state index in [4.69, 9.17) is 4.74 Å². The van der Waals surface area contributed by atoms with Gasteiger partial charge in [0, 0.05) is 10.0 Å². The van der Waals surface area contributed by atoms with Crippen LogP contribution in [-0.4, -0.2) is 27.6 Å². The van der Waals surface area contributed by atoms with E-state index in [1.165, 1.54) is 0 Å². The third-order valence-electron chi connectivity index (χ3n) is 3.99. The maximum atomic E-state index is 13.3. The minimum absolute atomic E-state index is 0.0152. The molecule has 0 fully saturated rings. The fourth-order valence-corrected chi connectivity index (χ4v) is 2.86. The lowest BCUT2D eigenvalue weighted by molar-refractivity contribution is -0.139. The summed E-state index contributed by atoms with van der Waals surface area (Å²) in [5.41, 5.74) is -2.25. The van der Waals surface area contributed by atoms with E-state index in [1.807, 2.05) is 0 Å². The van der Waals surface area contributed by atoms with Gasteiger partial charge in [-0.05, 0) is 30.3 Å². The van der Waals surface area contributed by atoms with E-state index in [-0.39, 0.29) is 12.3 Å². The number of hydrogen-bond acceptors (Lipinski definition) is 4. The molecule has 5 nitrogen and oxygen atoms in total. The highest BCUT2D eigenvalue weighted by molar-refractivity contribution is 9.10. The maximum Gasteiger partial charge on any atom is 0.421 e. The normalized spacial score (nSPS) is 12.6. The third-order valence-corrected chi connectivity index (χ3v) is 4.52. The van der Waals surface area contributed by atoms with Crippen molar-refractivity contribution in [2.24, 2.45) is 0 Å². The second kappa shape index (κ2) is 8.79. The van der Waals surface area contributed by atoms with E-state index in [9.17, 15) is 23.1 Å². The molecule has 3 aromatic rings. The summed E-state index contributed by atoms with van der Waals surface area (Å²) in [6.45, 7) is -0.661. The molecule has 9 heteroatoms. The van der Waals surface area contributed by atoms with Crippen molar-refractivity contribution < 1.29 is 23.0 Å². The molecule has 1 N–H and O–H groups in total. The number of nitrogens with zero attached hydrogens (tertiary/aromatic N) is 2. The molecular weight excluding hydrogens is 453 g/mol. The topological polar surface area (TPSA) is 64.4 Å². The molecule has 1 atom stereocenters. The van der Waals surface area contributed by atoms with Crippen molar-refractivity contribution in [3.8, 4) is 17.0 Å². The summed E-state index contributed by atoms with van der Waals surface area (Å²) in [4.78, 5) is 12.3. The molecule has 3 rings (SSSR count). The summed E-state index contributed by atoms with van der Waals surface area (Å²) in [5, 5.41) is 14.2. The average molecular weight is 469 g/mol. The molecule has 1 heterocycles. The van der Waals surface area contributed by atoms with Crippen LogP contribution >= 0.6 is 15.9 Å². The predicted molar refractivity (Wildman–Crippen MR) is 105 cm³/mol. The first-order valence-corrected chi connectivity index (χ1v) is 9.34. The van der Waals surface area contributed by atoms with Crippen LogP contribution < -0.4 is 10.3 Å². The Morgan fingerprint density at radius 2 is 1.76 bits per heavy atom. The first-order chi connectivity index (χ1) is 13.7. The molecule has 1 aromatic heterocycles. The van der Waals surface area contributed by atoms with Crippen molar-refractivity contribution in [3.05, 3.63) is 81.1 Å². The number of rotatable bonds is 6. The van der Waals surface area contributed by atoms with Crippen molar-refractivity contribution in [2.75, 3.05) is 6.61 Å². The van der Waals surface area contributed by atoms with Gasteiger partial charge in [-0.3, -0.25) is 4.79 Å². The summed E-state index contributed by atoms with van der Waals surface area (Å²) < 4.78 is 46.9. The van der Waals surface area contributed by atoms with Crippen molar-refractivity contribution in [2.45, 2.75) is 18.8 Å². The fraction of sp³-hybridized carbons (Fsp3) is 0.200. The van der Waals surface area contributed by atoms with E-state index in [0.717, 1.165) is 10.5 Å². The lowest BCUT2D eigenvalue weighted by Crippen LogP contribution is -2.35. The largest absolute Gasteiger partial charge is 0.491 e. The molecule has 0 spiro atoms. The maximum absolute atomic E-state index is 13.3. The second-order valence-electron chi connectivity index (χ2n) is 6.21. The van der Waals surface area contributed by atoms with Crippen LogP contribution in [0, 0.1) is 0 Å². The number of aromatic nitrogens is 2. The first kappa shape index (κ1) is 21.1. The molecular formula is C20H16BrF3N2O3. The molecule has 0 saturated heterocycles. The zero-order chi connectivity index (χ0) is 21.0. The lowest BCUT2D eigenvalue weighted by Gasteiger charge is -2.16. The highest BCUT2D eigenvalue weighted by atomic mass is 79.9. The Kier molecular flexibility index (Phi) is 6.39. The molecule has 152 valence electrons. The van der Waals surface area contributed by atoms with Gasteiger partial charge in [-0.15, -0.1) is 0 Å². The van der Waals surface area contributed by atoms with Gasteiger partial charge in [0.05, 0.1) is 12.2 Å². The quantitative estimate of drug-likeness (QED) is 0.590. The van der Waals surface area contributed by atoms with Crippen molar-refractivity contribution in [1.82, 2.24) is 9.78 Å². The van der Waals surface area contributed by atoms with E-state index in [0.29, 0.717) is 16.0 Å². The summed E-state index contributed by atoms with van der Waals surface area (Å²) in [7, 11) is 0. The molecule has 0 amide bonds. The Morgan fingerprint density at radius 3 is 2.38 bits per heavy atom. The van der Waals surface area contributed by atoms with Gasteiger partial charge in [-0.2, -0.15) is 18.3 Å². The van der Waals surface area contributed by atoms with Crippen LogP contribution in [0.25, 0.3) is 11.3 Å². The summed E-state index contributed by atoms with van der Waals surface area (Å²) in [6, 6.07) is 15.7. The summed E-state index contributed by atoms with van der Waals surface area (Å²) >= 11 is 3.28. The molecule has 0 unspecified atom stereocenters. The number of ether oxygens (including phenoxy) is 1. The minimum Gasteiger partial charge on any atom is -0.491 e. The van der Waals surface area contributed by atoms with Crippen LogP contribution in [0.4, 0.5) is 13.2 Å². The molecule has 0 aliphatic heterocycles. The van der Waals surface area contributed by atoms with Gasteiger partial charge < -0.3 is 9.84 Å². The summed E-state index contributed by atoms with van der Waals surface area (Å²) in [6.07, 6.45) is -6.08. The van der Waals surface area contributed by atoms with Gasteiger partial charge in [0.25, 0.3) is 5.56 Å². The van der Waals surface area contributed by atoms with Crippen LogP contribution in [0.15, 0.2) is 69.9 Å². The number of hydrogen-bond donors (Lipinski definition) is 1. The van der Waals surface area contributed by atoms with Crippen molar-refractivity contribution in [3.63, 3.8) is 0 Å². The fourth-order valence-electron chi connectivity index (χ4n) is 2.59. The molecule has 0 radical (unpaired) electrons. The van der Waals surface area contributed by atoms with E-state index in [1.54, 1.807) is 54.6 Å². The standard InChI is InChI=1S/C20H16BrF3N2O3/c21-14-6-8-16(9-7-14)29-12-15(27)11-26-19(28)17(20(22,23)24)10-18(25-26)13-4-2-1-3-5-13/h1-10,15,27H,11-12H2/t15-/m1/s1. The molecule has 0 bridgehead atoms. The SMILES string of the molecule is O=c1c(C(F)(F)F)cc(-c2ccccc2)nn1C[C@@H](O)COc1ccc(Br)cc1. The van der Waals surface area contributed by atoms with Gasteiger partial charge in [0.2, 0.25) is 0 Å². The molecule has 0 saturated carbocycles. The second-order valence-corrected chi connectivity index (χ2v) is 7.13. The number of aliphatic hydroxyl groups excluding tert-OH is 1. The average Bonchev–Trinajstić information content (AvgIpc) is 2.69. The van der Waals surface area contributed by atoms with Crippen LogP contribution in [0.3, 0.4) is 0 Å². The van der Waals surface area contributed by atoms with Gasteiger partial charge in [-0.25, -0.2) is 4.68 Å². The van der Waals surface area contributed by atoms with E-state index < -0.39 is 29.9 Å². The number of halogens is 4. The van der Waals surface area contributed by atoms with Crippen LogP contribution in [0.2, 0.25) is 0 Å². The molecule has 2 aromatic carbocycles. The highest BCUT2D eigenvalue weighted by Crippen LogP contribution is 2.29. The highest BCUT2D eigenvalue weighted by Gasteiger charge is 2.35. The molecule has 0 aliphatic rings. The minimum atomic E-state index is -4.84. The third kappa shape index (κ3) is 5.45. The predicted octanol–water partition coefficient (Wildman–Crippen LogP) is 4.13. The van der Waals surface area contributed by atoms with Crippen LogP contribution in [0.5, 0.6) is 5.75 Å². The van der Waals surface area contributed by atoms with E-state index >= 15 is 0 Å². The zero-order valence-electron chi connectivity index (χ0n) is 14.9. The Bertz CT molecular complexity index is 1020. The number of benzene rings is 2. The number of aliphatic hydroxyl groups is 1. The van der Waals surface area contributed by atoms with Gasteiger partial charge in [-0.1, -0.05) is 46.3 Å². The number of alkyl halides is 3. The Morgan fingerprint density at radius 1 is 1.10 bits per heavy atom. The van der Waals surface area contributed by atoms with Crippen molar-refractivity contribution in [1.29, 1.82) is 0 Å². The summed E-state index contributed by atoms with van der Waals surface area (Å²) in [5.74, 6) is 0.474. The van der Waals surface area contributed by atoms with Gasteiger partial charge >= 0.3 is 6.18 Å². The molecule has 29 heavy (non-hydrogen) atoms. The van der Waals surface area contributed by atoms with Crippen LogP contribution in [-0.2, 0) is 12.7 Å².